The first-order valence-corrected chi connectivity index (χ1v) is 8.16. The van der Waals surface area contributed by atoms with Gasteiger partial charge in [-0.2, -0.15) is 4.31 Å². The molecular formula is C14H19Cl2N3O2S. The number of nitrogens with zero attached hydrogens (tertiary/aromatic N) is 2. The fourth-order valence-corrected chi connectivity index (χ4v) is 3.95. The summed E-state index contributed by atoms with van der Waals surface area (Å²) in [4.78, 5) is 4.40. The molecule has 8 heteroatoms. The van der Waals surface area contributed by atoms with Gasteiger partial charge >= 0.3 is 0 Å². The first-order chi connectivity index (χ1) is 9.68. The van der Waals surface area contributed by atoms with Gasteiger partial charge in [0.15, 0.2) is 0 Å². The van der Waals surface area contributed by atoms with E-state index in [9.17, 15) is 8.42 Å². The molecule has 0 radical (unpaired) electrons. The Balaban J connectivity index is 0.00000121. The fraction of sp³-hybridized carbons (Fsp3) is 0.357. The topological polar surface area (TPSA) is 62.3 Å². The minimum absolute atomic E-state index is 0. The molecule has 22 heavy (non-hydrogen) atoms. The predicted molar refractivity (Wildman–Crippen MR) is 92.5 cm³/mol. The molecule has 0 aliphatic carbocycles. The highest BCUT2D eigenvalue weighted by atomic mass is 35.5. The number of hydrogen-bond acceptors (Lipinski definition) is 4. The lowest BCUT2D eigenvalue weighted by Gasteiger charge is -2.19. The van der Waals surface area contributed by atoms with Crippen LogP contribution in [0.2, 0.25) is 0 Å². The second-order valence-electron chi connectivity index (χ2n) is 4.89. The third-order valence-corrected chi connectivity index (χ3v) is 5.44. The molecule has 2 heterocycles. The van der Waals surface area contributed by atoms with Crippen molar-refractivity contribution in [2.75, 3.05) is 26.2 Å². The number of sulfonamides is 1. The van der Waals surface area contributed by atoms with Crippen molar-refractivity contribution in [2.45, 2.75) is 11.3 Å². The molecule has 0 atom stereocenters. The van der Waals surface area contributed by atoms with Crippen LogP contribution in [0.4, 0.5) is 0 Å². The molecule has 3 rings (SSSR count). The molecule has 1 aliphatic heterocycles. The lowest BCUT2D eigenvalue weighted by atomic mass is 10.2. The maximum Gasteiger partial charge on any atom is 0.243 e. The molecule has 0 saturated carbocycles. The highest BCUT2D eigenvalue weighted by Crippen LogP contribution is 2.21. The molecule has 1 N–H and O–H groups in total. The predicted octanol–water partition coefficient (Wildman–Crippen LogP) is 2.06. The van der Waals surface area contributed by atoms with Gasteiger partial charge in [-0.3, -0.25) is 4.98 Å². The van der Waals surface area contributed by atoms with E-state index in [4.69, 9.17) is 0 Å². The SMILES string of the molecule is Cl.Cl.O=S(=O)(c1ccc2cnccc2c1)N1CCCNCC1. The van der Waals surface area contributed by atoms with Gasteiger partial charge < -0.3 is 5.32 Å². The summed E-state index contributed by atoms with van der Waals surface area (Å²) in [5, 5.41) is 5.06. The number of hydrogen-bond donors (Lipinski definition) is 1. The Bertz CT molecular complexity index is 717. The van der Waals surface area contributed by atoms with Crippen molar-refractivity contribution in [3.63, 3.8) is 0 Å². The highest BCUT2D eigenvalue weighted by molar-refractivity contribution is 7.89. The standard InChI is InChI=1S/C14H17N3O2S.2ClH/c18-20(19,17-8-1-5-15-7-9-17)14-3-2-13-11-16-6-4-12(13)10-14;;/h2-4,6,10-11,15H,1,5,7-9H2;2*1H. The molecule has 0 spiro atoms. The van der Waals surface area contributed by atoms with Gasteiger partial charge in [0, 0.05) is 37.4 Å². The smallest absolute Gasteiger partial charge is 0.243 e. The summed E-state index contributed by atoms with van der Waals surface area (Å²) in [6.07, 6.45) is 4.26. The maximum atomic E-state index is 12.7. The number of nitrogens with one attached hydrogen (secondary N) is 1. The Morgan fingerprint density at radius 2 is 1.86 bits per heavy atom. The van der Waals surface area contributed by atoms with Gasteiger partial charge in [0.25, 0.3) is 0 Å². The van der Waals surface area contributed by atoms with E-state index in [-0.39, 0.29) is 24.8 Å². The van der Waals surface area contributed by atoms with Crippen LogP contribution in [-0.4, -0.2) is 43.9 Å². The average molecular weight is 364 g/mol. The van der Waals surface area contributed by atoms with E-state index in [1.165, 1.54) is 0 Å². The van der Waals surface area contributed by atoms with E-state index in [1.54, 1.807) is 28.8 Å². The first-order valence-electron chi connectivity index (χ1n) is 6.72. The van der Waals surface area contributed by atoms with Crippen LogP contribution in [0.15, 0.2) is 41.6 Å². The zero-order valence-electron chi connectivity index (χ0n) is 11.9. The van der Waals surface area contributed by atoms with E-state index in [0.29, 0.717) is 24.5 Å². The van der Waals surface area contributed by atoms with Crippen molar-refractivity contribution in [1.82, 2.24) is 14.6 Å². The van der Waals surface area contributed by atoms with Gasteiger partial charge in [-0.15, -0.1) is 24.8 Å². The minimum atomic E-state index is -3.40. The zero-order chi connectivity index (χ0) is 14.0. The summed E-state index contributed by atoms with van der Waals surface area (Å²) >= 11 is 0. The highest BCUT2D eigenvalue weighted by Gasteiger charge is 2.25. The van der Waals surface area contributed by atoms with Crippen molar-refractivity contribution in [3.8, 4) is 0 Å². The zero-order valence-corrected chi connectivity index (χ0v) is 14.4. The maximum absolute atomic E-state index is 12.7. The number of aromatic nitrogens is 1. The molecule has 1 fully saturated rings. The second kappa shape index (κ2) is 8.08. The Kier molecular flexibility index (Phi) is 7.02. The molecule has 5 nitrogen and oxygen atoms in total. The molecule has 122 valence electrons. The quantitative estimate of drug-likeness (QED) is 0.886. The van der Waals surface area contributed by atoms with Crippen LogP contribution in [0.25, 0.3) is 10.8 Å². The normalized spacial score (nSPS) is 16.4. The summed E-state index contributed by atoms with van der Waals surface area (Å²) in [7, 11) is -3.40. The summed E-state index contributed by atoms with van der Waals surface area (Å²) in [5.41, 5.74) is 0. The van der Waals surface area contributed by atoms with Crippen molar-refractivity contribution in [3.05, 3.63) is 36.7 Å². The number of fused-ring (bicyclic) bond motifs is 1. The van der Waals surface area contributed by atoms with E-state index < -0.39 is 10.0 Å². The average Bonchev–Trinajstić information content (AvgIpc) is 2.76. The lowest BCUT2D eigenvalue weighted by molar-refractivity contribution is 0.432. The van der Waals surface area contributed by atoms with Gasteiger partial charge in [0.05, 0.1) is 4.90 Å². The number of benzene rings is 1. The Morgan fingerprint density at radius 3 is 2.68 bits per heavy atom. The van der Waals surface area contributed by atoms with Gasteiger partial charge in [-0.05, 0) is 36.6 Å². The minimum Gasteiger partial charge on any atom is -0.315 e. The van der Waals surface area contributed by atoms with Crippen LogP contribution < -0.4 is 5.32 Å². The van der Waals surface area contributed by atoms with Crippen molar-refractivity contribution in [2.24, 2.45) is 0 Å². The number of rotatable bonds is 2. The molecule has 0 bridgehead atoms. The Labute approximate surface area is 143 Å². The van der Waals surface area contributed by atoms with E-state index in [1.807, 2.05) is 12.1 Å². The van der Waals surface area contributed by atoms with Gasteiger partial charge in [0.1, 0.15) is 0 Å². The summed E-state index contributed by atoms with van der Waals surface area (Å²) in [5.74, 6) is 0. The number of halogens is 2. The third kappa shape index (κ3) is 3.88. The monoisotopic (exact) mass is 363 g/mol. The summed E-state index contributed by atoms with van der Waals surface area (Å²) in [6, 6.07) is 7.03. The molecule has 0 unspecified atom stereocenters. The third-order valence-electron chi connectivity index (χ3n) is 3.55. The van der Waals surface area contributed by atoms with Gasteiger partial charge in [0.2, 0.25) is 10.0 Å². The van der Waals surface area contributed by atoms with Gasteiger partial charge in [-0.1, -0.05) is 6.07 Å². The summed E-state index contributed by atoms with van der Waals surface area (Å²) in [6.45, 7) is 2.67. The molecule has 1 aromatic carbocycles. The van der Waals surface area contributed by atoms with Crippen molar-refractivity contribution >= 4 is 45.6 Å². The van der Waals surface area contributed by atoms with E-state index in [2.05, 4.69) is 10.3 Å². The molecule has 1 aliphatic rings. The largest absolute Gasteiger partial charge is 0.315 e. The van der Waals surface area contributed by atoms with Crippen LogP contribution in [0, 0.1) is 0 Å². The summed E-state index contributed by atoms with van der Waals surface area (Å²) < 4.78 is 26.9. The fourth-order valence-electron chi connectivity index (χ4n) is 2.43. The van der Waals surface area contributed by atoms with Crippen LogP contribution >= 0.6 is 24.8 Å². The lowest BCUT2D eigenvalue weighted by Crippen LogP contribution is -2.34. The first kappa shape index (κ1) is 19.1. The van der Waals surface area contributed by atoms with E-state index in [0.717, 1.165) is 23.7 Å². The van der Waals surface area contributed by atoms with E-state index >= 15 is 0 Å². The number of pyridine rings is 1. The van der Waals surface area contributed by atoms with Crippen LogP contribution in [-0.2, 0) is 10.0 Å². The van der Waals surface area contributed by atoms with Crippen LogP contribution in [0.3, 0.4) is 0 Å². The molecule has 0 amide bonds. The molecular weight excluding hydrogens is 345 g/mol. The second-order valence-corrected chi connectivity index (χ2v) is 6.83. The molecule has 1 aromatic heterocycles. The van der Waals surface area contributed by atoms with Crippen molar-refractivity contribution in [1.29, 1.82) is 0 Å². The van der Waals surface area contributed by atoms with Crippen LogP contribution in [0.5, 0.6) is 0 Å². The molecule has 2 aromatic rings. The van der Waals surface area contributed by atoms with Gasteiger partial charge in [-0.25, -0.2) is 8.42 Å². The molecule has 1 saturated heterocycles. The Morgan fingerprint density at radius 1 is 1.05 bits per heavy atom. The Hall–Kier alpha value is -0.920. The van der Waals surface area contributed by atoms with Crippen molar-refractivity contribution < 1.29 is 8.42 Å². The van der Waals surface area contributed by atoms with Crippen LogP contribution in [0.1, 0.15) is 6.42 Å².